The lowest BCUT2D eigenvalue weighted by molar-refractivity contribution is -0.128. The maximum atomic E-state index is 11.2. The minimum atomic E-state index is 0.0500. The molecule has 0 aliphatic carbocycles. The summed E-state index contributed by atoms with van der Waals surface area (Å²) in [5.41, 5.74) is 5.73. The number of likely N-dealkylation sites (tertiary alicyclic amines) is 1. The molecule has 3 heteroatoms. The third-order valence-electron chi connectivity index (χ3n) is 2.31. The lowest BCUT2D eigenvalue weighted by Crippen LogP contribution is -2.38. The summed E-state index contributed by atoms with van der Waals surface area (Å²) in [6.45, 7) is 4.95. The molecule has 11 heavy (non-hydrogen) atoms. The molecule has 64 valence electrons. The minimum absolute atomic E-state index is 0.0500. The average molecular weight is 156 g/mol. The zero-order chi connectivity index (χ0) is 8.43. The Morgan fingerprint density at radius 2 is 2.36 bits per heavy atom. The second kappa shape index (κ2) is 3.22. The molecule has 0 aromatic rings. The molecule has 0 aromatic heterocycles. The number of hydrogen-bond acceptors (Lipinski definition) is 2. The van der Waals surface area contributed by atoms with Gasteiger partial charge in [-0.15, -0.1) is 0 Å². The zero-order valence-electron chi connectivity index (χ0n) is 7.21. The number of nitrogens with zero attached hydrogens (tertiary/aromatic N) is 1. The quantitative estimate of drug-likeness (QED) is 0.627. The molecule has 1 amide bonds. The summed E-state index contributed by atoms with van der Waals surface area (Å²) in [6.07, 6.45) is 1.55. The lowest BCUT2D eigenvalue weighted by Gasteiger charge is -2.22. The van der Waals surface area contributed by atoms with Crippen molar-refractivity contribution in [1.29, 1.82) is 0 Å². The second-order valence-electron chi connectivity index (χ2n) is 3.20. The fourth-order valence-corrected chi connectivity index (χ4v) is 1.52. The monoisotopic (exact) mass is 156 g/mol. The summed E-state index contributed by atoms with van der Waals surface area (Å²) in [5.74, 6) is 0.215. The van der Waals surface area contributed by atoms with Gasteiger partial charge in [-0.3, -0.25) is 4.79 Å². The smallest absolute Gasteiger partial charge is 0.224 e. The summed E-state index contributed by atoms with van der Waals surface area (Å²) >= 11 is 0. The van der Waals surface area contributed by atoms with Gasteiger partial charge in [0, 0.05) is 25.0 Å². The maximum Gasteiger partial charge on any atom is 0.224 e. The molecular weight excluding hydrogens is 140 g/mol. The van der Waals surface area contributed by atoms with Gasteiger partial charge in [0.2, 0.25) is 5.91 Å². The SMILES string of the molecule is CCCN1C(=O)CC(N)C1C. The van der Waals surface area contributed by atoms with Crippen LogP contribution in [0.4, 0.5) is 0 Å². The number of amides is 1. The van der Waals surface area contributed by atoms with Gasteiger partial charge in [0.1, 0.15) is 0 Å². The van der Waals surface area contributed by atoms with Gasteiger partial charge < -0.3 is 10.6 Å². The molecule has 3 nitrogen and oxygen atoms in total. The Kier molecular flexibility index (Phi) is 2.49. The van der Waals surface area contributed by atoms with Gasteiger partial charge in [-0.25, -0.2) is 0 Å². The van der Waals surface area contributed by atoms with E-state index in [0.29, 0.717) is 6.42 Å². The average Bonchev–Trinajstić information content (AvgIpc) is 2.17. The van der Waals surface area contributed by atoms with Crippen LogP contribution in [0, 0.1) is 0 Å². The standard InChI is InChI=1S/C8H16N2O/c1-3-4-10-6(2)7(9)5-8(10)11/h6-7H,3-5,9H2,1-2H3. The largest absolute Gasteiger partial charge is 0.338 e. The first-order valence-electron chi connectivity index (χ1n) is 4.22. The molecular formula is C8H16N2O. The zero-order valence-corrected chi connectivity index (χ0v) is 7.21. The Morgan fingerprint density at radius 1 is 1.73 bits per heavy atom. The van der Waals surface area contributed by atoms with Crippen LogP contribution in [0.3, 0.4) is 0 Å². The Hall–Kier alpha value is -0.570. The van der Waals surface area contributed by atoms with E-state index in [1.54, 1.807) is 0 Å². The van der Waals surface area contributed by atoms with Crippen molar-refractivity contribution in [2.45, 2.75) is 38.8 Å². The van der Waals surface area contributed by atoms with E-state index in [1.807, 2.05) is 11.8 Å². The van der Waals surface area contributed by atoms with Crippen LogP contribution in [0.1, 0.15) is 26.7 Å². The number of nitrogens with two attached hydrogens (primary N) is 1. The molecule has 0 radical (unpaired) electrons. The first-order valence-corrected chi connectivity index (χ1v) is 4.22. The summed E-state index contributed by atoms with van der Waals surface area (Å²) in [5, 5.41) is 0. The number of carbonyl (C=O) groups is 1. The van der Waals surface area contributed by atoms with E-state index in [0.717, 1.165) is 13.0 Å². The predicted molar refractivity (Wildman–Crippen MR) is 44.1 cm³/mol. The molecule has 1 fully saturated rings. The van der Waals surface area contributed by atoms with Crippen molar-refractivity contribution in [3.8, 4) is 0 Å². The highest BCUT2D eigenvalue weighted by atomic mass is 16.2. The normalized spacial score (nSPS) is 31.5. The molecule has 2 N–H and O–H groups in total. The lowest BCUT2D eigenvalue weighted by atomic mass is 10.2. The molecule has 1 rings (SSSR count). The fraction of sp³-hybridized carbons (Fsp3) is 0.875. The van der Waals surface area contributed by atoms with Crippen molar-refractivity contribution < 1.29 is 4.79 Å². The van der Waals surface area contributed by atoms with Crippen LogP contribution < -0.4 is 5.73 Å². The van der Waals surface area contributed by atoms with Crippen LogP contribution in [-0.4, -0.2) is 29.4 Å². The van der Waals surface area contributed by atoms with Gasteiger partial charge in [0.25, 0.3) is 0 Å². The van der Waals surface area contributed by atoms with Gasteiger partial charge in [-0.1, -0.05) is 6.92 Å². The van der Waals surface area contributed by atoms with Crippen molar-refractivity contribution in [1.82, 2.24) is 4.90 Å². The molecule has 1 saturated heterocycles. The van der Waals surface area contributed by atoms with Crippen LogP contribution in [-0.2, 0) is 4.79 Å². The van der Waals surface area contributed by atoms with Gasteiger partial charge >= 0.3 is 0 Å². The molecule has 1 aliphatic heterocycles. The van der Waals surface area contributed by atoms with E-state index in [1.165, 1.54) is 0 Å². The van der Waals surface area contributed by atoms with E-state index < -0.39 is 0 Å². The van der Waals surface area contributed by atoms with Crippen LogP contribution in [0.5, 0.6) is 0 Å². The van der Waals surface area contributed by atoms with Gasteiger partial charge in [-0.05, 0) is 13.3 Å². The molecule has 1 heterocycles. The Bertz CT molecular complexity index is 158. The molecule has 2 atom stereocenters. The molecule has 2 unspecified atom stereocenters. The summed E-state index contributed by atoms with van der Waals surface area (Å²) in [7, 11) is 0. The molecule has 0 bridgehead atoms. The van der Waals surface area contributed by atoms with Crippen molar-refractivity contribution in [2.24, 2.45) is 5.73 Å². The van der Waals surface area contributed by atoms with Crippen molar-refractivity contribution in [3.05, 3.63) is 0 Å². The van der Waals surface area contributed by atoms with E-state index >= 15 is 0 Å². The Balaban J connectivity index is 2.56. The highest BCUT2D eigenvalue weighted by Gasteiger charge is 2.33. The van der Waals surface area contributed by atoms with E-state index in [9.17, 15) is 4.79 Å². The van der Waals surface area contributed by atoms with E-state index in [-0.39, 0.29) is 18.0 Å². The van der Waals surface area contributed by atoms with E-state index in [2.05, 4.69) is 6.92 Å². The summed E-state index contributed by atoms with van der Waals surface area (Å²) in [6, 6.07) is 0.288. The van der Waals surface area contributed by atoms with Gasteiger partial charge in [0.05, 0.1) is 0 Å². The van der Waals surface area contributed by atoms with Crippen LogP contribution >= 0.6 is 0 Å². The van der Waals surface area contributed by atoms with Gasteiger partial charge in [-0.2, -0.15) is 0 Å². The summed E-state index contributed by atoms with van der Waals surface area (Å²) < 4.78 is 0. The van der Waals surface area contributed by atoms with E-state index in [4.69, 9.17) is 5.73 Å². The number of hydrogen-bond donors (Lipinski definition) is 1. The Labute approximate surface area is 67.5 Å². The number of rotatable bonds is 2. The van der Waals surface area contributed by atoms with Gasteiger partial charge in [0.15, 0.2) is 0 Å². The molecule has 0 saturated carbocycles. The number of carbonyl (C=O) groups excluding carboxylic acids is 1. The fourth-order valence-electron chi connectivity index (χ4n) is 1.52. The van der Waals surface area contributed by atoms with Crippen molar-refractivity contribution in [3.63, 3.8) is 0 Å². The Morgan fingerprint density at radius 3 is 2.73 bits per heavy atom. The molecule has 0 aromatic carbocycles. The maximum absolute atomic E-state index is 11.2. The third-order valence-corrected chi connectivity index (χ3v) is 2.31. The predicted octanol–water partition coefficient (Wildman–Crippen LogP) is 0.345. The highest BCUT2D eigenvalue weighted by molar-refractivity contribution is 5.79. The first kappa shape index (κ1) is 8.53. The minimum Gasteiger partial charge on any atom is -0.338 e. The highest BCUT2D eigenvalue weighted by Crippen LogP contribution is 2.16. The van der Waals surface area contributed by atoms with Crippen LogP contribution in [0.25, 0.3) is 0 Å². The molecule has 0 spiro atoms. The van der Waals surface area contributed by atoms with Crippen molar-refractivity contribution in [2.75, 3.05) is 6.54 Å². The summed E-state index contributed by atoms with van der Waals surface area (Å²) in [4.78, 5) is 13.1. The third kappa shape index (κ3) is 1.53. The topological polar surface area (TPSA) is 46.3 Å². The first-order chi connectivity index (χ1) is 5.16. The van der Waals surface area contributed by atoms with Crippen LogP contribution in [0.15, 0.2) is 0 Å². The molecule has 1 aliphatic rings. The second-order valence-corrected chi connectivity index (χ2v) is 3.20. The van der Waals surface area contributed by atoms with Crippen LogP contribution in [0.2, 0.25) is 0 Å². The van der Waals surface area contributed by atoms with Crippen molar-refractivity contribution >= 4 is 5.91 Å².